The average molecular weight is 367 g/mol. The molecule has 1 aromatic rings. The molecule has 0 radical (unpaired) electrons. The van der Waals surface area contributed by atoms with Crippen LogP contribution in [0.25, 0.3) is 0 Å². The van der Waals surface area contributed by atoms with Crippen molar-refractivity contribution in [1.82, 2.24) is 10.6 Å². The van der Waals surface area contributed by atoms with Crippen LogP contribution in [0.15, 0.2) is 24.3 Å². The van der Waals surface area contributed by atoms with Crippen molar-refractivity contribution in [3.8, 4) is 0 Å². The van der Waals surface area contributed by atoms with Crippen LogP contribution in [0.3, 0.4) is 0 Å². The van der Waals surface area contributed by atoms with Gasteiger partial charge in [-0.1, -0.05) is 37.6 Å². The molecule has 6 heteroatoms. The van der Waals surface area contributed by atoms with E-state index in [4.69, 9.17) is 16.7 Å². The molecule has 3 unspecified atom stereocenters. The van der Waals surface area contributed by atoms with Gasteiger partial charge in [-0.15, -0.1) is 0 Å². The molecule has 3 atom stereocenters. The summed E-state index contributed by atoms with van der Waals surface area (Å²) in [6, 6.07) is 7.13. The normalized spacial score (nSPS) is 23.1. The number of nitrogens with one attached hydrogen (secondary N) is 2. The molecule has 0 bridgehead atoms. The van der Waals surface area contributed by atoms with Gasteiger partial charge in [-0.25, -0.2) is 0 Å². The Morgan fingerprint density at radius 3 is 2.44 bits per heavy atom. The van der Waals surface area contributed by atoms with Crippen molar-refractivity contribution in [2.45, 2.75) is 51.6 Å². The smallest absolute Gasteiger partial charge is 0.320 e. The summed E-state index contributed by atoms with van der Waals surface area (Å²) >= 11 is 5.95. The van der Waals surface area contributed by atoms with E-state index < -0.39 is 12.0 Å². The van der Waals surface area contributed by atoms with Crippen molar-refractivity contribution in [2.24, 2.45) is 11.8 Å². The van der Waals surface area contributed by atoms with E-state index in [0.29, 0.717) is 30.8 Å². The number of piperidine rings is 1. The second kappa shape index (κ2) is 8.19. The van der Waals surface area contributed by atoms with E-state index >= 15 is 0 Å². The number of hydrogen-bond acceptors (Lipinski definition) is 3. The van der Waals surface area contributed by atoms with E-state index in [-0.39, 0.29) is 23.3 Å². The zero-order valence-corrected chi connectivity index (χ0v) is 15.8. The number of benzene rings is 1. The van der Waals surface area contributed by atoms with Crippen LogP contribution in [-0.4, -0.2) is 35.1 Å². The lowest BCUT2D eigenvalue weighted by atomic mass is 9.81. The number of carbonyl (C=O) groups excluding carboxylic acids is 1. The van der Waals surface area contributed by atoms with Crippen LogP contribution in [-0.2, 0) is 16.0 Å². The van der Waals surface area contributed by atoms with Gasteiger partial charge in [0, 0.05) is 17.1 Å². The minimum atomic E-state index is -0.853. The van der Waals surface area contributed by atoms with Crippen LogP contribution in [0, 0.1) is 11.8 Å². The molecule has 1 aliphatic rings. The van der Waals surface area contributed by atoms with Gasteiger partial charge in [0.15, 0.2) is 0 Å². The molecular formula is C19H27ClN2O3. The zero-order valence-electron chi connectivity index (χ0n) is 15.0. The monoisotopic (exact) mass is 366 g/mol. The Hall–Kier alpha value is -1.59. The number of halogens is 1. The van der Waals surface area contributed by atoms with Crippen LogP contribution in [0.5, 0.6) is 0 Å². The maximum absolute atomic E-state index is 12.7. The van der Waals surface area contributed by atoms with Gasteiger partial charge in [0.2, 0.25) is 5.91 Å². The molecule has 1 aromatic carbocycles. The molecule has 3 N–H and O–H groups in total. The summed E-state index contributed by atoms with van der Waals surface area (Å²) in [7, 11) is 0. The van der Waals surface area contributed by atoms with Crippen molar-refractivity contribution < 1.29 is 14.7 Å². The minimum Gasteiger partial charge on any atom is -0.480 e. The summed E-state index contributed by atoms with van der Waals surface area (Å²) < 4.78 is 0. The van der Waals surface area contributed by atoms with E-state index in [1.54, 1.807) is 0 Å². The molecule has 138 valence electrons. The number of carboxylic acid groups (broad SMARTS) is 1. The lowest BCUT2D eigenvalue weighted by Crippen LogP contribution is -2.56. The van der Waals surface area contributed by atoms with Crippen LogP contribution in [0.1, 0.15) is 39.2 Å². The third kappa shape index (κ3) is 5.19. The fourth-order valence-corrected chi connectivity index (χ4v) is 3.22. The molecule has 25 heavy (non-hydrogen) atoms. The average Bonchev–Trinajstić information content (AvgIpc) is 2.57. The van der Waals surface area contributed by atoms with E-state index in [1.165, 1.54) is 0 Å². The number of hydrogen-bond donors (Lipinski definition) is 3. The number of aliphatic carboxylic acids is 1. The van der Waals surface area contributed by atoms with E-state index in [2.05, 4.69) is 31.4 Å². The summed E-state index contributed by atoms with van der Waals surface area (Å²) in [6.45, 7) is 6.64. The van der Waals surface area contributed by atoms with Gasteiger partial charge in [-0.2, -0.15) is 0 Å². The fraction of sp³-hybridized carbons (Fsp3) is 0.579. The first-order chi connectivity index (χ1) is 11.7. The van der Waals surface area contributed by atoms with Gasteiger partial charge < -0.3 is 15.7 Å². The molecule has 5 nitrogen and oxygen atoms in total. The minimum absolute atomic E-state index is 0.0125. The summed E-state index contributed by atoms with van der Waals surface area (Å²) in [5.41, 5.74) is 0.739. The molecule has 0 aromatic heterocycles. The van der Waals surface area contributed by atoms with Crippen molar-refractivity contribution in [2.75, 3.05) is 6.54 Å². The van der Waals surface area contributed by atoms with Crippen LogP contribution in [0.2, 0.25) is 5.02 Å². The Bertz CT molecular complexity index is 610. The van der Waals surface area contributed by atoms with Gasteiger partial charge in [0.25, 0.3) is 0 Å². The lowest BCUT2D eigenvalue weighted by molar-refractivity contribution is -0.141. The SMILES string of the molecule is CC(C)C(C)(Cc1ccc(Cl)cc1)NC(=O)C1CCC(C(=O)O)NC1. The first-order valence-corrected chi connectivity index (χ1v) is 9.11. The zero-order chi connectivity index (χ0) is 18.6. The number of rotatable bonds is 6. The molecule has 0 saturated carbocycles. The van der Waals surface area contributed by atoms with E-state index in [1.807, 2.05) is 24.3 Å². The van der Waals surface area contributed by atoms with Crippen molar-refractivity contribution in [3.63, 3.8) is 0 Å². The number of carbonyl (C=O) groups is 2. The van der Waals surface area contributed by atoms with Crippen molar-refractivity contribution >= 4 is 23.5 Å². The fourth-order valence-electron chi connectivity index (χ4n) is 3.09. The summed E-state index contributed by atoms with van der Waals surface area (Å²) in [5, 5.41) is 15.9. The third-order valence-electron chi connectivity index (χ3n) is 5.25. The predicted molar refractivity (Wildman–Crippen MR) is 98.7 cm³/mol. The number of amides is 1. The lowest BCUT2D eigenvalue weighted by Gasteiger charge is -2.37. The second-order valence-electron chi connectivity index (χ2n) is 7.44. The van der Waals surface area contributed by atoms with Crippen LogP contribution in [0.4, 0.5) is 0 Å². The maximum Gasteiger partial charge on any atom is 0.320 e. The topological polar surface area (TPSA) is 78.4 Å². The Kier molecular flexibility index (Phi) is 6.47. The highest BCUT2D eigenvalue weighted by atomic mass is 35.5. The highest BCUT2D eigenvalue weighted by molar-refractivity contribution is 6.30. The molecule has 2 rings (SSSR count). The van der Waals surface area contributed by atoms with Crippen molar-refractivity contribution in [3.05, 3.63) is 34.9 Å². The summed E-state index contributed by atoms with van der Waals surface area (Å²) in [4.78, 5) is 23.7. The molecule has 1 aliphatic heterocycles. The third-order valence-corrected chi connectivity index (χ3v) is 5.50. The number of carboxylic acids is 1. The van der Waals surface area contributed by atoms with Gasteiger partial charge in [-0.3, -0.25) is 9.59 Å². The van der Waals surface area contributed by atoms with Gasteiger partial charge in [-0.05, 0) is 49.8 Å². The summed E-state index contributed by atoms with van der Waals surface area (Å²) in [5.74, 6) is -0.815. The highest BCUT2D eigenvalue weighted by Gasteiger charge is 2.35. The van der Waals surface area contributed by atoms with Gasteiger partial charge in [0.05, 0.1) is 5.92 Å². The van der Waals surface area contributed by atoms with Gasteiger partial charge >= 0.3 is 5.97 Å². The molecule has 1 saturated heterocycles. The molecule has 0 spiro atoms. The van der Waals surface area contributed by atoms with Crippen LogP contribution >= 0.6 is 11.6 Å². The first-order valence-electron chi connectivity index (χ1n) is 8.74. The Labute approximate surface area is 154 Å². The predicted octanol–water partition coefficient (Wildman–Crippen LogP) is 2.87. The second-order valence-corrected chi connectivity index (χ2v) is 7.87. The molecule has 1 amide bonds. The molecule has 1 heterocycles. The van der Waals surface area contributed by atoms with E-state index in [9.17, 15) is 9.59 Å². The standard InChI is InChI=1S/C19H27ClN2O3/c1-12(2)19(3,10-13-4-7-15(20)8-5-13)22-17(23)14-6-9-16(18(24)25)21-11-14/h4-5,7-8,12,14,16,21H,6,9-11H2,1-3H3,(H,22,23)(H,24,25). The van der Waals surface area contributed by atoms with Gasteiger partial charge in [0.1, 0.15) is 6.04 Å². The quantitative estimate of drug-likeness (QED) is 0.723. The maximum atomic E-state index is 12.7. The first kappa shape index (κ1) is 19.7. The Morgan fingerprint density at radius 2 is 1.96 bits per heavy atom. The van der Waals surface area contributed by atoms with E-state index in [0.717, 1.165) is 5.56 Å². The highest BCUT2D eigenvalue weighted by Crippen LogP contribution is 2.25. The summed E-state index contributed by atoms with van der Waals surface area (Å²) in [6.07, 6.45) is 1.78. The Balaban J connectivity index is 2.01. The van der Waals surface area contributed by atoms with Crippen LogP contribution < -0.4 is 10.6 Å². The van der Waals surface area contributed by atoms with Crippen molar-refractivity contribution in [1.29, 1.82) is 0 Å². The molecule has 1 fully saturated rings. The largest absolute Gasteiger partial charge is 0.480 e. The molecule has 0 aliphatic carbocycles. The molecular weight excluding hydrogens is 340 g/mol. The Morgan fingerprint density at radius 1 is 1.32 bits per heavy atom.